The Kier molecular flexibility index (Phi) is 3.26. The van der Waals surface area contributed by atoms with E-state index in [4.69, 9.17) is 14.2 Å². The number of hydrogen-bond acceptors (Lipinski definition) is 6. The summed E-state index contributed by atoms with van der Waals surface area (Å²) in [4.78, 5) is 12.3. The van der Waals surface area contributed by atoms with Crippen molar-refractivity contribution in [3.05, 3.63) is 11.1 Å². The van der Waals surface area contributed by atoms with E-state index in [-0.39, 0.29) is 13.0 Å². The number of hydrogen-bond donors (Lipinski definition) is 2. The molecule has 0 saturated carbocycles. The van der Waals surface area contributed by atoms with Gasteiger partial charge in [-0.3, -0.25) is 4.79 Å². The van der Waals surface area contributed by atoms with Crippen LogP contribution in [0.3, 0.4) is 0 Å². The van der Waals surface area contributed by atoms with Gasteiger partial charge in [0.15, 0.2) is 17.2 Å². The molecule has 112 valence electrons. The van der Waals surface area contributed by atoms with Crippen LogP contribution in [0, 0.1) is 0 Å². The van der Waals surface area contributed by atoms with Crippen LogP contribution in [0.2, 0.25) is 0 Å². The Morgan fingerprint density at radius 1 is 1.40 bits per heavy atom. The SMILES string of the molecule is CO[C@@H]1C2=C(CO[C@]13CCCO3)C(=O)[C@](C)(O)[C@@H](O)C2. The number of methoxy groups -OCH3 is 1. The normalized spacial score (nSPS) is 45.1. The van der Waals surface area contributed by atoms with E-state index >= 15 is 0 Å². The minimum Gasteiger partial charge on any atom is -0.389 e. The summed E-state index contributed by atoms with van der Waals surface area (Å²) in [7, 11) is 1.54. The zero-order valence-electron chi connectivity index (χ0n) is 11.7. The number of Topliss-reactive ketones (excluding diaryl/α,β-unsaturated/α-hetero) is 1. The second-order valence-corrected chi connectivity index (χ2v) is 5.87. The molecule has 0 aromatic rings. The molecule has 0 unspecified atom stereocenters. The van der Waals surface area contributed by atoms with Crippen LogP contribution >= 0.6 is 0 Å². The lowest BCUT2D eigenvalue weighted by Crippen LogP contribution is -2.58. The van der Waals surface area contributed by atoms with Gasteiger partial charge in [-0.2, -0.15) is 0 Å². The van der Waals surface area contributed by atoms with Crippen LogP contribution in [0.25, 0.3) is 0 Å². The Morgan fingerprint density at radius 3 is 2.75 bits per heavy atom. The average molecular weight is 284 g/mol. The molecule has 6 heteroatoms. The highest BCUT2D eigenvalue weighted by molar-refractivity contribution is 6.04. The number of aliphatic hydroxyl groups excluding tert-OH is 1. The van der Waals surface area contributed by atoms with Crippen molar-refractivity contribution in [2.45, 2.75) is 49.8 Å². The molecule has 6 nitrogen and oxygen atoms in total. The number of rotatable bonds is 1. The third kappa shape index (κ3) is 1.79. The van der Waals surface area contributed by atoms with Gasteiger partial charge in [0, 0.05) is 25.5 Å². The summed E-state index contributed by atoms with van der Waals surface area (Å²) >= 11 is 0. The maximum atomic E-state index is 12.3. The molecule has 1 spiro atoms. The van der Waals surface area contributed by atoms with Gasteiger partial charge < -0.3 is 24.4 Å². The maximum Gasteiger partial charge on any atom is 0.199 e. The predicted molar refractivity (Wildman–Crippen MR) is 67.9 cm³/mol. The van der Waals surface area contributed by atoms with Crippen LogP contribution < -0.4 is 0 Å². The monoisotopic (exact) mass is 284 g/mol. The molecule has 1 saturated heterocycles. The highest BCUT2D eigenvalue weighted by Crippen LogP contribution is 2.44. The van der Waals surface area contributed by atoms with Crippen LogP contribution in [0.4, 0.5) is 0 Å². The van der Waals surface area contributed by atoms with E-state index in [1.54, 1.807) is 0 Å². The Morgan fingerprint density at radius 2 is 2.15 bits per heavy atom. The molecule has 0 aromatic heterocycles. The van der Waals surface area contributed by atoms with Crippen LogP contribution in [0.1, 0.15) is 26.2 Å². The summed E-state index contributed by atoms with van der Waals surface area (Å²) in [5.41, 5.74) is -0.653. The fourth-order valence-electron chi connectivity index (χ4n) is 3.37. The molecule has 4 atom stereocenters. The Bertz CT molecular complexity index is 460. The molecule has 3 rings (SSSR count). The van der Waals surface area contributed by atoms with Crippen LogP contribution in [0.5, 0.6) is 0 Å². The van der Waals surface area contributed by atoms with Crippen molar-refractivity contribution < 1.29 is 29.2 Å². The molecule has 20 heavy (non-hydrogen) atoms. The molecule has 0 radical (unpaired) electrons. The quantitative estimate of drug-likeness (QED) is 0.700. The zero-order chi connectivity index (χ0) is 14.5. The lowest BCUT2D eigenvalue weighted by atomic mass is 9.74. The molecule has 1 fully saturated rings. The first kappa shape index (κ1) is 14.2. The van der Waals surface area contributed by atoms with E-state index in [1.807, 2.05) is 0 Å². The molecule has 2 N–H and O–H groups in total. The maximum absolute atomic E-state index is 12.3. The molecule has 3 aliphatic rings. The third-order valence-corrected chi connectivity index (χ3v) is 4.61. The molecular weight excluding hydrogens is 264 g/mol. The summed E-state index contributed by atoms with van der Waals surface area (Å²) in [5, 5.41) is 20.2. The van der Waals surface area contributed by atoms with Gasteiger partial charge in [-0.15, -0.1) is 0 Å². The first-order chi connectivity index (χ1) is 9.42. The summed E-state index contributed by atoms with van der Waals surface area (Å²) in [6.45, 7) is 2.02. The summed E-state index contributed by atoms with van der Waals surface area (Å²) in [5.74, 6) is -1.34. The van der Waals surface area contributed by atoms with Gasteiger partial charge in [0.1, 0.15) is 6.10 Å². The summed E-state index contributed by atoms with van der Waals surface area (Å²) in [6.07, 6.45) is 0.118. The molecule has 0 amide bonds. The second kappa shape index (κ2) is 4.61. The van der Waals surface area contributed by atoms with Crippen LogP contribution in [0.15, 0.2) is 11.1 Å². The van der Waals surface area contributed by atoms with Crippen molar-refractivity contribution in [2.75, 3.05) is 20.3 Å². The highest BCUT2D eigenvalue weighted by Gasteiger charge is 2.55. The average Bonchev–Trinajstić information content (AvgIpc) is 2.86. The first-order valence-corrected chi connectivity index (χ1v) is 6.90. The molecule has 0 bridgehead atoms. The Hall–Kier alpha value is -0.790. The van der Waals surface area contributed by atoms with Gasteiger partial charge in [-0.1, -0.05) is 0 Å². The van der Waals surface area contributed by atoms with Crippen molar-refractivity contribution in [3.8, 4) is 0 Å². The Labute approximate surface area is 117 Å². The fraction of sp³-hybridized carbons (Fsp3) is 0.786. The van der Waals surface area contributed by atoms with Crippen LogP contribution in [-0.2, 0) is 19.0 Å². The highest BCUT2D eigenvalue weighted by atomic mass is 16.7. The molecular formula is C14H20O6. The van der Waals surface area contributed by atoms with Gasteiger partial charge >= 0.3 is 0 Å². The van der Waals surface area contributed by atoms with E-state index in [1.165, 1.54) is 14.0 Å². The van der Waals surface area contributed by atoms with Crippen molar-refractivity contribution in [1.82, 2.24) is 0 Å². The van der Waals surface area contributed by atoms with E-state index in [0.717, 1.165) is 6.42 Å². The van der Waals surface area contributed by atoms with Crippen LogP contribution in [-0.4, -0.2) is 59.9 Å². The minimum atomic E-state index is -1.76. The number of carbonyl (C=O) groups is 1. The Balaban J connectivity index is 2.02. The lowest BCUT2D eigenvalue weighted by molar-refractivity contribution is -0.262. The van der Waals surface area contributed by atoms with Gasteiger partial charge in [0.2, 0.25) is 0 Å². The number of ether oxygens (including phenoxy) is 3. The fourth-order valence-corrected chi connectivity index (χ4v) is 3.37. The first-order valence-electron chi connectivity index (χ1n) is 6.90. The van der Waals surface area contributed by atoms with Crippen molar-refractivity contribution >= 4 is 5.78 Å². The smallest absolute Gasteiger partial charge is 0.199 e. The number of ketones is 1. The largest absolute Gasteiger partial charge is 0.389 e. The number of aliphatic hydroxyl groups is 2. The molecule has 2 heterocycles. The van der Waals surface area contributed by atoms with Crippen molar-refractivity contribution in [3.63, 3.8) is 0 Å². The minimum absolute atomic E-state index is 0.0941. The molecule has 0 aromatic carbocycles. The topological polar surface area (TPSA) is 85.2 Å². The van der Waals surface area contributed by atoms with Crippen molar-refractivity contribution in [1.29, 1.82) is 0 Å². The standard InChI is InChI=1S/C14H20O6/c1-13(17)10(15)6-8-9(11(13)16)7-20-14(12(8)18-2)4-3-5-19-14/h10,12,15,17H,3-7H2,1-2H3/t10-,12+,13+,14+/m0/s1. The third-order valence-electron chi connectivity index (χ3n) is 4.61. The van der Waals surface area contributed by atoms with E-state index < -0.39 is 29.4 Å². The van der Waals surface area contributed by atoms with Gasteiger partial charge in [-0.25, -0.2) is 0 Å². The summed E-state index contributed by atoms with van der Waals surface area (Å²) in [6, 6.07) is 0. The van der Waals surface area contributed by atoms with Gasteiger partial charge in [-0.05, 0) is 18.9 Å². The number of carbonyl (C=O) groups excluding carboxylic acids is 1. The molecule has 2 aliphatic heterocycles. The van der Waals surface area contributed by atoms with Gasteiger partial charge in [0.25, 0.3) is 0 Å². The summed E-state index contributed by atoms with van der Waals surface area (Å²) < 4.78 is 17.0. The van der Waals surface area contributed by atoms with E-state index in [2.05, 4.69) is 0 Å². The van der Waals surface area contributed by atoms with Crippen molar-refractivity contribution in [2.24, 2.45) is 0 Å². The lowest BCUT2D eigenvalue weighted by Gasteiger charge is -2.46. The van der Waals surface area contributed by atoms with Gasteiger partial charge in [0.05, 0.1) is 19.3 Å². The predicted octanol–water partition coefficient (Wildman–Crippen LogP) is -0.0804. The van der Waals surface area contributed by atoms with E-state index in [9.17, 15) is 15.0 Å². The zero-order valence-corrected chi connectivity index (χ0v) is 11.7. The second-order valence-electron chi connectivity index (χ2n) is 5.87. The van der Waals surface area contributed by atoms with E-state index in [0.29, 0.717) is 24.2 Å². The molecule has 1 aliphatic carbocycles.